The Morgan fingerprint density at radius 3 is 2.60 bits per heavy atom. The summed E-state index contributed by atoms with van der Waals surface area (Å²) in [7, 11) is 0. The first-order valence-corrected chi connectivity index (χ1v) is 7.51. The van der Waals surface area contributed by atoms with E-state index in [9.17, 15) is 10.2 Å². The molecule has 1 unspecified atom stereocenters. The molecule has 1 aromatic heterocycles. The second-order valence-electron chi connectivity index (χ2n) is 5.15. The van der Waals surface area contributed by atoms with Gasteiger partial charge in [0.1, 0.15) is 11.3 Å². The van der Waals surface area contributed by atoms with Crippen LogP contribution in [0.15, 0.2) is 33.2 Å². The molecule has 5 heteroatoms. The third-order valence-corrected chi connectivity index (χ3v) is 4.22. The predicted octanol–water partition coefficient (Wildman–Crippen LogP) is 2.98. The van der Waals surface area contributed by atoms with E-state index >= 15 is 0 Å². The maximum atomic E-state index is 9.49. The number of benzene rings is 1. The lowest BCUT2D eigenvalue weighted by Gasteiger charge is -2.32. The molecule has 2 aromatic rings. The number of aliphatic hydroxyl groups excluding tert-OH is 2. The summed E-state index contributed by atoms with van der Waals surface area (Å²) in [4.78, 5) is 0. The molecule has 110 valence electrons. The Balaban J connectivity index is 2.24. The van der Waals surface area contributed by atoms with Gasteiger partial charge in [-0.1, -0.05) is 22.9 Å². The van der Waals surface area contributed by atoms with Crippen molar-refractivity contribution < 1.29 is 14.6 Å². The molecular weight excluding hydrogens is 322 g/mol. The lowest BCUT2D eigenvalue weighted by atomic mass is 9.97. The lowest BCUT2D eigenvalue weighted by molar-refractivity contribution is 0.0771. The van der Waals surface area contributed by atoms with Gasteiger partial charge in [0.25, 0.3) is 0 Å². The summed E-state index contributed by atoms with van der Waals surface area (Å²) < 4.78 is 6.82. The number of halogens is 1. The van der Waals surface area contributed by atoms with Crippen molar-refractivity contribution in [2.24, 2.45) is 0 Å². The van der Waals surface area contributed by atoms with E-state index in [0.29, 0.717) is 6.42 Å². The smallest absolute Gasteiger partial charge is 0.134 e. The van der Waals surface area contributed by atoms with Crippen molar-refractivity contribution in [3.63, 3.8) is 0 Å². The third-order valence-electron chi connectivity index (χ3n) is 3.73. The van der Waals surface area contributed by atoms with Crippen LogP contribution in [0.4, 0.5) is 0 Å². The van der Waals surface area contributed by atoms with Gasteiger partial charge in [0.05, 0.1) is 24.8 Å². The molecule has 0 spiro atoms. The Labute approximate surface area is 126 Å². The van der Waals surface area contributed by atoms with E-state index in [1.54, 1.807) is 0 Å². The Bertz CT molecular complexity index is 569. The van der Waals surface area contributed by atoms with Crippen LogP contribution in [-0.4, -0.2) is 29.0 Å². The molecule has 2 rings (SSSR count). The van der Waals surface area contributed by atoms with Crippen LogP contribution in [0.1, 0.15) is 32.1 Å². The average Bonchev–Trinajstić information content (AvgIpc) is 2.88. The van der Waals surface area contributed by atoms with Gasteiger partial charge in [-0.3, -0.25) is 5.32 Å². The van der Waals surface area contributed by atoms with Gasteiger partial charge in [-0.2, -0.15) is 0 Å². The van der Waals surface area contributed by atoms with Crippen molar-refractivity contribution >= 4 is 26.9 Å². The van der Waals surface area contributed by atoms with Crippen LogP contribution in [0.25, 0.3) is 11.0 Å². The molecule has 1 atom stereocenters. The molecule has 0 radical (unpaired) electrons. The second-order valence-corrected chi connectivity index (χ2v) is 6.06. The molecular formula is C15H20BrNO3. The number of hydrogen-bond donors (Lipinski definition) is 3. The monoisotopic (exact) mass is 341 g/mol. The number of nitrogens with one attached hydrogen (secondary N) is 1. The first-order valence-electron chi connectivity index (χ1n) is 6.72. The van der Waals surface area contributed by atoms with Gasteiger partial charge in [-0.05, 0) is 37.6 Å². The molecule has 0 saturated carbocycles. The highest BCUT2D eigenvalue weighted by Gasteiger charge is 2.29. The van der Waals surface area contributed by atoms with Crippen LogP contribution >= 0.6 is 15.9 Å². The second kappa shape index (κ2) is 6.26. The third kappa shape index (κ3) is 3.06. The fraction of sp³-hybridized carbons (Fsp3) is 0.467. The molecule has 0 aliphatic heterocycles. The number of aliphatic hydroxyl groups is 2. The minimum Gasteiger partial charge on any atom is -0.459 e. The Morgan fingerprint density at radius 2 is 2.00 bits per heavy atom. The molecule has 0 bridgehead atoms. The van der Waals surface area contributed by atoms with E-state index in [-0.39, 0.29) is 19.3 Å². The highest BCUT2D eigenvalue weighted by Crippen LogP contribution is 2.27. The van der Waals surface area contributed by atoms with Crippen LogP contribution in [0.2, 0.25) is 0 Å². The fourth-order valence-corrected chi connectivity index (χ4v) is 2.62. The summed E-state index contributed by atoms with van der Waals surface area (Å²) in [6.45, 7) is 3.66. The molecule has 1 aromatic carbocycles. The quantitative estimate of drug-likeness (QED) is 0.755. The Morgan fingerprint density at radius 1 is 1.30 bits per heavy atom. The Kier molecular flexibility index (Phi) is 4.86. The summed E-state index contributed by atoms with van der Waals surface area (Å²) in [5, 5.41) is 23.3. The SMILES string of the molecule is CCC(CO)(CO)NC(C)c1cc2cc(Br)ccc2o1. The standard InChI is InChI=1S/C15H20BrNO3/c1-3-15(8-18,9-19)17-10(2)14-7-11-6-12(16)4-5-13(11)20-14/h4-7,10,17-19H,3,8-9H2,1-2H3. The average molecular weight is 342 g/mol. The zero-order valence-electron chi connectivity index (χ0n) is 11.7. The van der Waals surface area contributed by atoms with Gasteiger partial charge >= 0.3 is 0 Å². The normalized spacial score (nSPS) is 13.8. The number of rotatable bonds is 6. The molecule has 20 heavy (non-hydrogen) atoms. The van der Waals surface area contributed by atoms with Crippen molar-refractivity contribution in [1.29, 1.82) is 0 Å². The minimum absolute atomic E-state index is 0.0968. The molecule has 1 heterocycles. The van der Waals surface area contributed by atoms with Crippen molar-refractivity contribution in [3.8, 4) is 0 Å². The van der Waals surface area contributed by atoms with Crippen LogP contribution in [-0.2, 0) is 0 Å². The summed E-state index contributed by atoms with van der Waals surface area (Å²) in [6.07, 6.45) is 0.635. The zero-order chi connectivity index (χ0) is 14.8. The minimum atomic E-state index is -0.682. The number of fused-ring (bicyclic) bond motifs is 1. The van der Waals surface area contributed by atoms with Crippen LogP contribution < -0.4 is 5.32 Å². The maximum absolute atomic E-state index is 9.49. The van der Waals surface area contributed by atoms with Gasteiger partial charge in [0.15, 0.2) is 0 Å². The highest BCUT2D eigenvalue weighted by molar-refractivity contribution is 9.10. The van der Waals surface area contributed by atoms with E-state index in [1.807, 2.05) is 38.1 Å². The topological polar surface area (TPSA) is 65.6 Å². The van der Waals surface area contributed by atoms with E-state index < -0.39 is 5.54 Å². The van der Waals surface area contributed by atoms with E-state index in [0.717, 1.165) is 21.2 Å². The zero-order valence-corrected chi connectivity index (χ0v) is 13.3. The van der Waals surface area contributed by atoms with Crippen LogP contribution in [0.3, 0.4) is 0 Å². The number of furan rings is 1. The summed E-state index contributed by atoms with van der Waals surface area (Å²) in [5.74, 6) is 0.790. The van der Waals surface area contributed by atoms with Crippen molar-refractivity contribution in [2.75, 3.05) is 13.2 Å². The van der Waals surface area contributed by atoms with Crippen molar-refractivity contribution in [3.05, 3.63) is 34.5 Å². The van der Waals surface area contributed by atoms with E-state index in [4.69, 9.17) is 4.42 Å². The number of hydrogen-bond acceptors (Lipinski definition) is 4. The van der Waals surface area contributed by atoms with E-state index in [2.05, 4.69) is 21.2 Å². The molecule has 0 amide bonds. The largest absolute Gasteiger partial charge is 0.459 e. The lowest BCUT2D eigenvalue weighted by Crippen LogP contribution is -2.52. The van der Waals surface area contributed by atoms with Gasteiger partial charge in [0, 0.05) is 9.86 Å². The molecule has 4 nitrogen and oxygen atoms in total. The van der Waals surface area contributed by atoms with Crippen molar-refractivity contribution in [2.45, 2.75) is 31.8 Å². The first-order chi connectivity index (χ1) is 9.53. The van der Waals surface area contributed by atoms with Gasteiger partial charge in [-0.25, -0.2) is 0 Å². The summed E-state index contributed by atoms with van der Waals surface area (Å²) >= 11 is 3.44. The molecule has 0 fully saturated rings. The maximum Gasteiger partial charge on any atom is 0.134 e. The highest BCUT2D eigenvalue weighted by atomic mass is 79.9. The van der Waals surface area contributed by atoms with Crippen LogP contribution in [0, 0.1) is 0 Å². The fourth-order valence-electron chi connectivity index (χ4n) is 2.25. The first kappa shape index (κ1) is 15.5. The van der Waals surface area contributed by atoms with Crippen LogP contribution in [0.5, 0.6) is 0 Å². The molecule has 0 aliphatic rings. The van der Waals surface area contributed by atoms with E-state index in [1.165, 1.54) is 0 Å². The van der Waals surface area contributed by atoms with Gasteiger partial charge in [0.2, 0.25) is 0 Å². The molecule has 0 aliphatic carbocycles. The van der Waals surface area contributed by atoms with Gasteiger partial charge in [-0.15, -0.1) is 0 Å². The predicted molar refractivity (Wildman–Crippen MR) is 82.7 cm³/mol. The molecule has 0 saturated heterocycles. The van der Waals surface area contributed by atoms with Crippen molar-refractivity contribution in [1.82, 2.24) is 5.32 Å². The summed E-state index contributed by atoms with van der Waals surface area (Å²) in [5.41, 5.74) is 0.144. The molecule has 3 N–H and O–H groups in total. The summed E-state index contributed by atoms with van der Waals surface area (Å²) in [6, 6.07) is 7.74. The Hall–Kier alpha value is -0.880. The van der Waals surface area contributed by atoms with Gasteiger partial charge < -0.3 is 14.6 Å².